The van der Waals surface area contributed by atoms with E-state index in [-0.39, 0.29) is 0 Å². The molecule has 1 saturated heterocycles. The molecular weight excluding hydrogens is 348 g/mol. The Morgan fingerprint density at radius 3 is 2.76 bits per heavy atom. The minimum absolute atomic E-state index is 0.881. The molecule has 128 valence electrons. The van der Waals surface area contributed by atoms with Gasteiger partial charge in [0.15, 0.2) is 10.3 Å². The van der Waals surface area contributed by atoms with Crippen molar-refractivity contribution in [2.75, 3.05) is 31.2 Å². The molecule has 1 fully saturated rings. The topological polar surface area (TPSA) is 40.5 Å². The highest BCUT2D eigenvalue weighted by Gasteiger charge is 2.14. The number of thioether (sulfide) groups is 1. The summed E-state index contributed by atoms with van der Waals surface area (Å²) >= 11 is 3.53. The van der Waals surface area contributed by atoms with Crippen molar-refractivity contribution in [1.82, 2.24) is 9.88 Å². The summed E-state index contributed by atoms with van der Waals surface area (Å²) in [4.78, 5) is 11.5. The lowest BCUT2D eigenvalue weighted by molar-refractivity contribution is 0.563. The molecule has 2 heterocycles. The lowest BCUT2D eigenvalue weighted by Crippen LogP contribution is -2.17. The Morgan fingerprint density at radius 2 is 2.00 bits per heavy atom. The molecule has 1 N–H and O–H groups in total. The van der Waals surface area contributed by atoms with Gasteiger partial charge in [-0.2, -0.15) is 0 Å². The van der Waals surface area contributed by atoms with E-state index in [0.29, 0.717) is 0 Å². The minimum atomic E-state index is 0.881. The van der Waals surface area contributed by atoms with E-state index >= 15 is 0 Å². The third-order valence-electron chi connectivity index (χ3n) is 4.13. The van der Waals surface area contributed by atoms with Gasteiger partial charge in [0.1, 0.15) is 0 Å². The second-order valence-corrected chi connectivity index (χ2v) is 8.09. The van der Waals surface area contributed by atoms with E-state index in [9.17, 15) is 0 Å². The van der Waals surface area contributed by atoms with Gasteiger partial charge in [-0.25, -0.2) is 9.98 Å². The van der Waals surface area contributed by atoms with Crippen molar-refractivity contribution in [3.05, 3.63) is 54.1 Å². The number of hydrogen-bond acceptors (Lipinski definition) is 5. The average Bonchev–Trinajstić information content (AvgIpc) is 3.22. The van der Waals surface area contributed by atoms with Crippen molar-refractivity contribution in [3.63, 3.8) is 0 Å². The van der Waals surface area contributed by atoms with Gasteiger partial charge in [0.25, 0.3) is 0 Å². The first kappa shape index (κ1) is 16.4. The summed E-state index contributed by atoms with van der Waals surface area (Å²) in [7, 11) is 2.10. The molecule has 0 spiro atoms. The molecule has 1 aliphatic heterocycles. The second kappa shape index (κ2) is 7.45. The van der Waals surface area contributed by atoms with Crippen LogP contribution >= 0.6 is 23.1 Å². The van der Waals surface area contributed by atoms with Gasteiger partial charge in [0.05, 0.1) is 15.9 Å². The van der Waals surface area contributed by atoms with Crippen LogP contribution in [0.5, 0.6) is 0 Å². The Kier molecular flexibility index (Phi) is 4.90. The van der Waals surface area contributed by atoms with E-state index in [0.717, 1.165) is 46.8 Å². The van der Waals surface area contributed by atoms with Crippen LogP contribution in [0.2, 0.25) is 0 Å². The number of nitrogens with zero attached hydrogens (tertiary/aromatic N) is 3. The summed E-state index contributed by atoms with van der Waals surface area (Å²) in [5.41, 5.74) is 3.40. The molecule has 0 aliphatic carbocycles. The fraction of sp³-hybridized carbons (Fsp3) is 0.263. The van der Waals surface area contributed by atoms with E-state index in [1.165, 1.54) is 10.3 Å². The lowest BCUT2D eigenvalue weighted by atomic mass is 10.1. The molecule has 1 aliphatic rings. The highest BCUT2D eigenvalue weighted by molar-refractivity contribution is 8.14. The van der Waals surface area contributed by atoms with Gasteiger partial charge in [-0.1, -0.05) is 47.4 Å². The van der Waals surface area contributed by atoms with Crippen LogP contribution in [0.15, 0.2) is 53.5 Å². The summed E-state index contributed by atoms with van der Waals surface area (Å²) < 4.78 is 1.23. The van der Waals surface area contributed by atoms with Crippen LogP contribution in [-0.2, 0) is 6.42 Å². The third-order valence-corrected chi connectivity index (χ3v) is 6.17. The predicted molar refractivity (Wildman–Crippen MR) is 110 cm³/mol. The molecule has 6 heteroatoms. The van der Waals surface area contributed by atoms with Crippen molar-refractivity contribution >= 4 is 49.3 Å². The molecular formula is C19H20N4S2. The molecule has 0 radical (unpaired) electrons. The highest BCUT2D eigenvalue weighted by Crippen LogP contribution is 2.25. The number of amidine groups is 1. The first-order chi connectivity index (χ1) is 12.3. The number of anilines is 1. The number of nitrogens with one attached hydrogen (secondary N) is 1. The number of aromatic nitrogens is 1. The van der Waals surface area contributed by atoms with Gasteiger partial charge in [-0.15, -0.1) is 0 Å². The minimum Gasteiger partial charge on any atom is -0.361 e. The number of fused-ring (bicyclic) bond motifs is 1. The largest absolute Gasteiger partial charge is 0.361 e. The van der Waals surface area contributed by atoms with Gasteiger partial charge in [-0.05, 0) is 36.2 Å². The number of hydrogen-bond donors (Lipinski definition) is 1. The number of rotatable bonds is 5. The van der Waals surface area contributed by atoms with Crippen LogP contribution in [0.1, 0.15) is 5.56 Å². The normalized spacial score (nSPS) is 16.0. The lowest BCUT2D eigenvalue weighted by Gasteiger charge is -2.09. The Hall–Kier alpha value is -2.05. The quantitative estimate of drug-likeness (QED) is 0.713. The first-order valence-electron chi connectivity index (χ1n) is 8.39. The molecule has 0 unspecified atom stereocenters. The average molecular weight is 369 g/mol. The molecule has 0 atom stereocenters. The van der Waals surface area contributed by atoms with Gasteiger partial charge >= 0.3 is 0 Å². The van der Waals surface area contributed by atoms with E-state index in [4.69, 9.17) is 4.99 Å². The molecule has 4 rings (SSSR count). The maximum Gasteiger partial charge on any atom is 0.183 e. The van der Waals surface area contributed by atoms with Gasteiger partial charge in [0.2, 0.25) is 0 Å². The fourth-order valence-electron chi connectivity index (χ4n) is 2.71. The van der Waals surface area contributed by atoms with Crippen LogP contribution in [0.3, 0.4) is 0 Å². The molecule has 2 aromatic carbocycles. The van der Waals surface area contributed by atoms with Crippen LogP contribution in [0.25, 0.3) is 10.2 Å². The molecule has 1 aromatic heterocycles. The SMILES string of the molecule is CN1CCSC1=Nc1ccc(CCNc2nc3ccccc3s2)cc1. The zero-order chi connectivity index (χ0) is 17.1. The van der Waals surface area contributed by atoms with Gasteiger partial charge < -0.3 is 10.2 Å². The summed E-state index contributed by atoms with van der Waals surface area (Å²) in [6.45, 7) is 1.96. The number of benzene rings is 2. The van der Waals surface area contributed by atoms with Gasteiger partial charge in [-0.3, -0.25) is 0 Å². The Bertz CT molecular complexity index is 853. The van der Waals surface area contributed by atoms with Crippen LogP contribution in [0, 0.1) is 0 Å². The molecule has 0 saturated carbocycles. The smallest absolute Gasteiger partial charge is 0.183 e. The Morgan fingerprint density at radius 1 is 1.16 bits per heavy atom. The van der Waals surface area contributed by atoms with Crippen LogP contribution in [0.4, 0.5) is 10.8 Å². The Labute approximate surface area is 156 Å². The van der Waals surface area contributed by atoms with Crippen LogP contribution in [-0.4, -0.2) is 40.9 Å². The summed E-state index contributed by atoms with van der Waals surface area (Å²) in [6.07, 6.45) is 0.974. The van der Waals surface area contributed by atoms with E-state index in [2.05, 4.69) is 64.7 Å². The number of aliphatic imine (C=N–C) groups is 1. The number of thiazole rings is 1. The molecule has 0 bridgehead atoms. The molecule has 4 nitrogen and oxygen atoms in total. The van der Waals surface area contributed by atoms with E-state index in [1.807, 2.05) is 17.8 Å². The third kappa shape index (κ3) is 3.96. The molecule has 3 aromatic rings. The summed E-state index contributed by atoms with van der Waals surface area (Å²) in [5, 5.41) is 5.54. The molecule has 25 heavy (non-hydrogen) atoms. The Balaban J connectivity index is 1.33. The number of para-hydroxylation sites is 1. The summed E-state index contributed by atoms with van der Waals surface area (Å²) in [5.74, 6) is 1.13. The standard InChI is InChI=1S/C19H20N4S2/c1-23-12-13-24-19(23)21-15-8-6-14(7-9-15)10-11-20-18-22-16-4-2-3-5-17(16)25-18/h2-9H,10-13H2,1H3,(H,20,22). The maximum absolute atomic E-state index is 4.71. The highest BCUT2D eigenvalue weighted by atomic mass is 32.2. The maximum atomic E-state index is 4.71. The van der Waals surface area contributed by atoms with Crippen molar-refractivity contribution in [2.45, 2.75) is 6.42 Å². The van der Waals surface area contributed by atoms with Crippen molar-refractivity contribution < 1.29 is 0 Å². The first-order valence-corrected chi connectivity index (χ1v) is 10.2. The van der Waals surface area contributed by atoms with Crippen molar-refractivity contribution in [1.29, 1.82) is 0 Å². The molecule has 0 amide bonds. The zero-order valence-corrected chi connectivity index (χ0v) is 15.7. The van der Waals surface area contributed by atoms with Gasteiger partial charge in [0, 0.05) is 25.9 Å². The van der Waals surface area contributed by atoms with Crippen molar-refractivity contribution in [2.24, 2.45) is 4.99 Å². The predicted octanol–water partition coefficient (Wildman–Crippen LogP) is 4.62. The van der Waals surface area contributed by atoms with E-state index < -0.39 is 0 Å². The van der Waals surface area contributed by atoms with E-state index in [1.54, 1.807) is 11.3 Å². The fourth-order valence-corrected chi connectivity index (χ4v) is 4.63. The summed E-state index contributed by atoms with van der Waals surface area (Å²) in [6, 6.07) is 16.8. The monoisotopic (exact) mass is 368 g/mol. The zero-order valence-electron chi connectivity index (χ0n) is 14.1. The van der Waals surface area contributed by atoms with Crippen LogP contribution < -0.4 is 5.32 Å². The second-order valence-electron chi connectivity index (χ2n) is 5.99. The van der Waals surface area contributed by atoms with Crippen molar-refractivity contribution in [3.8, 4) is 0 Å².